The van der Waals surface area contributed by atoms with Crippen LogP contribution in [0.15, 0.2) is 79.0 Å². The van der Waals surface area contributed by atoms with Crippen LogP contribution in [0.1, 0.15) is 35.6 Å². The molecule has 33 heavy (non-hydrogen) atoms. The lowest BCUT2D eigenvalue weighted by atomic mass is 10.0. The highest BCUT2D eigenvalue weighted by Crippen LogP contribution is 2.28. The van der Waals surface area contributed by atoms with Crippen molar-refractivity contribution in [2.75, 3.05) is 13.2 Å². The maximum Gasteiger partial charge on any atom is 0.306 e. The van der Waals surface area contributed by atoms with Gasteiger partial charge in [-0.3, -0.25) is 4.79 Å². The van der Waals surface area contributed by atoms with E-state index in [4.69, 9.17) is 4.74 Å². The SMILES string of the molecule is CCOC(=O)CCc1ccc2c(c1)c(CCc1ccccc1)cn2-c1ccc(CCO)cc1. The maximum atomic E-state index is 11.8. The zero-order valence-corrected chi connectivity index (χ0v) is 19.2. The van der Waals surface area contributed by atoms with Crippen molar-refractivity contribution in [1.82, 2.24) is 4.57 Å². The topological polar surface area (TPSA) is 51.5 Å². The van der Waals surface area contributed by atoms with Crippen molar-refractivity contribution in [1.29, 1.82) is 0 Å². The van der Waals surface area contributed by atoms with Gasteiger partial charge in [0.25, 0.3) is 0 Å². The minimum atomic E-state index is -0.151. The van der Waals surface area contributed by atoms with Crippen LogP contribution < -0.4 is 0 Å². The van der Waals surface area contributed by atoms with E-state index in [1.54, 1.807) is 0 Å². The second-order valence-electron chi connectivity index (χ2n) is 8.31. The van der Waals surface area contributed by atoms with Gasteiger partial charge in [-0.25, -0.2) is 0 Å². The molecule has 4 nitrogen and oxygen atoms in total. The van der Waals surface area contributed by atoms with E-state index in [0.717, 1.165) is 35.2 Å². The molecule has 0 saturated heterocycles. The second kappa shape index (κ2) is 11.0. The van der Waals surface area contributed by atoms with Gasteiger partial charge in [-0.1, -0.05) is 48.5 Å². The Morgan fingerprint density at radius 2 is 1.58 bits per heavy atom. The highest BCUT2D eigenvalue weighted by atomic mass is 16.5. The normalized spacial score (nSPS) is 11.1. The molecular weight excluding hydrogens is 410 g/mol. The molecule has 0 aliphatic heterocycles. The number of hydrogen-bond donors (Lipinski definition) is 1. The van der Waals surface area contributed by atoms with Gasteiger partial charge in [-0.15, -0.1) is 0 Å². The lowest BCUT2D eigenvalue weighted by molar-refractivity contribution is -0.143. The minimum absolute atomic E-state index is 0.151. The van der Waals surface area contributed by atoms with E-state index in [0.29, 0.717) is 25.9 Å². The van der Waals surface area contributed by atoms with E-state index in [-0.39, 0.29) is 12.6 Å². The number of hydrogen-bond acceptors (Lipinski definition) is 3. The molecule has 0 bridgehead atoms. The number of aryl methyl sites for hydroxylation is 3. The Bertz CT molecular complexity index is 1190. The number of esters is 1. The van der Waals surface area contributed by atoms with Gasteiger partial charge in [0.1, 0.15) is 0 Å². The molecule has 0 amide bonds. The van der Waals surface area contributed by atoms with Crippen LogP contribution in [-0.2, 0) is 35.2 Å². The van der Waals surface area contributed by atoms with E-state index < -0.39 is 0 Å². The Balaban J connectivity index is 1.66. The molecule has 0 aliphatic rings. The first-order valence-electron chi connectivity index (χ1n) is 11.7. The summed E-state index contributed by atoms with van der Waals surface area (Å²) in [6.45, 7) is 2.41. The number of aliphatic hydroxyl groups excluding tert-OH is 1. The van der Waals surface area contributed by atoms with Crippen molar-refractivity contribution in [3.8, 4) is 5.69 Å². The zero-order chi connectivity index (χ0) is 23.0. The molecule has 1 N–H and O–H groups in total. The third kappa shape index (κ3) is 5.71. The molecule has 1 aromatic heterocycles. The number of carbonyl (C=O) groups is 1. The highest BCUT2D eigenvalue weighted by molar-refractivity contribution is 5.86. The smallest absolute Gasteiger partial charge is 0.306 e. The fourth-order valence-corrected chi connectivity index (χ4v) is 4.27. The molecule has 4 aromatic rings. The first kappa shape index (κ1) is 22.8. The molecule has 0 spiro atoms. The van der Waals surface area contributed by atoms with Gasteiger partial charge < -0.3 is 14.4 Å². The Hall–Kier alpha value is -3.37. The van der Waals surface area contributed by atoms with Crippen LogP contribution in [0.5, 0.6) is 0 Å². The van der Waals surface area contributed by atoms with Crippen LogP contribution in [0.4, 0.5) is 0 Å². The van der Waals surface area contributed by atoms with Gasteiger partial charge in [0.05, 0.1) is 12.1 Å². The quantitative estimate of drug-likeness (QED) is 0.333. The number of fused-ring (bicyclic) bond motifs is 1. The number of nitrogens with zero attached hydrogens (tertiary/aromatic N) is 1. The number of ether oxygens (including phenoxy) is 1. The molecule has 0 aliphatic carbocycles. The van der Waals surface area contributed by atoms with Crippen molar-refractivity contribution in [3.63, 3.8) is 0 Å². The van der Waals surface area contributed by atoms with Gasteiger partial charge in [-0.2, -0.15) is 0 Å². The van der Waals surface area contributed by atoms with Crippen LogP contribution in [0.2, 0.25) is 0 Å². The fourth-order valence-electron chi connectivity index (χ4n) is 4.27. The number of rotatable bonds is 10. The summed E-state index contributed by atoms with van der Waals surface area (Å²) in [5, 5.41) is 10.4. The third-order valence-corrected chi connectivity index (χ3v) is 6.02. The van der Waals surface area contributed by atoms with Gasteiger partial charge in [0.15, 0.2) is 0 Å². The van der Waals surface area contributed by atoms with Crippen LogP contribution in [0, 0.1) is 0 Å². The van der Waals surface area contributed by atoms with Crippen molar-refractivity contribution in [2.45, 2.75) is 39.0 Å². The van der Waals surface area contributed by atoms with Crippen molar-refractivity contribution in [3.05, 3.63) is 101 Å². The lowest BCUT2D eigenvalue weighted by Gasteiger charge is -2.08. The zero-order valence-electron chi connectivity index (χ0n) is 19.2. The van der Waals surface area contributed by atoms with Gasteiger partial charge >= 0.3 is 5.97 Å². The summed E-state index contributed by atoms with van der Waals surface area (Å²) in [6.07, 6.45) is 5.89. The predicted molar refractivity (Wildman–Crippen MR) is 133 cm³/mol. The standard InChI is InChI=1S/C29H31NO3/c1-2-33-29(32)17-12-24-11-16-28-27(20-24)25(13-8-22-6-4-3-5-7-22)21-30(28)26-14-9-23(10-15-26)18-19-31/h3-7,9-11,14-16,20-21,31H,2,8,12-13,17-19H2,1H3. The summed E-state index contributed by atoms with van der Waals surface area (Å²) < 4.78 is 7.34. The Morgan fingerprint density at radius 3 is 2.30 bits per heavy atom. The number of aromatic nitrogens is 1. The van der Waals surface area contributed by atoms with Crippen molar-refractivity contribution >= 4 is 16.9 Å². The molecule has 4 rings (SSSR count). The summed E-state index contributed by atoms with van der Waals surface area (Å²) in [5.74, 6) is -0.151. The highest BCUT2D eigenvalue weighted by Gasteiger charge is 2.12. The van der Waals surface area contributed by atoms with Gasteiger partial charge in [-0.05, 0) is 79.1 Å². The molecule has 1 heterocycles. The van der Waals surface area contributed by atoms with E-state index in [1.165, 1.54) is 16.5 Å². The van der Waals surface area contributed by atoms with E-state index in [1.807, 2.05) is 13.0 Å². The Kier molecular flexibility index (Phi) is 7.59. The Labute approximate surface area is 195 Å². The first-order valence-corrected chi connectivity index (χ1v) is 11.7. The molecule has 0 fully saturated rings. The molecule has 4 heteroatoms. The number of carbonyl (C=O) groups excluding carboxylic acids is 1. The second-order valence-corrected chi connectivity index (χ2v) is 8.31. The molecule has 3 aromatic carbocycles. The van der Waals surface area contributed by atoms with Crippen LogP contribution in [0.3, 0.4) is 0 Å². The molecule has 0 atom stereocenters. The summed E-state index contributed by atoms with van der Waals surface area (Å²) in [7, 11) is 0. The minimum Gasteiger partial charge on any atom is -0.466 e. The monoisotopic (exact) mass is 441 g/mol. The maximum absolute atomic E-state index is 11.8. The third-order valence-electron chi connectivity index (χ3n) is 6.02. The average molecular weight is 442 g/mol. The number of aliphatic hydroxyl groups is 1. The summed E-state index contributed by atoms with van der Waals surface area (Å²) in [6, 6.07) is 25.4. The van der Waals surface area contributed by atoms with Crippen molar-refractivity contribution < 1.29 is 14.6 Å². The predicted octanol–water partition coefficient (Wildman–Crippen LogP) is 5.45. The van der Waals surface area contributed by atoms with Crippen LogP contribution in [-0.4, -0.2) is 28.9 Å². The molecule has 170 valence electrons. The summed E-state index contributed by atoms with van der Waals surface area (Å²) in [4.78, 5) is 11.8. The van der Waals surface area contributed by atoms with Crippen LogP contribution >= 0.6 is 0 Å². The molecular formula is C29H31NO3. The van der Waals surface area contributed by atoms with Gasteiger partial charge in [0.2, 0.25) is 0 Å². The molecule has 0 radical (unpaired) electrons. The van der Waals surface area contributed by atoms with Crippen molar-refractivity contribution in [2.24, 2.45) is 0 Å². The number of benzene rings is 3. The average Bonchev–Trinajstić information content (AvgIpc) is 3.21. The van der Waals surface area contributed by atoms with Crippen LogP contribution in [0.25, 0.3) is 16.6 Å². The van der Waals surface area contributed by atoms with E-state index in [9.17, 15) is 9.90 Å². The Morgan fingerprint density at radius 1 is 0.848 bits per heavy atom. The lowest BCUT2D eigenvalue weighted by Crippen LogP contribution is -2.05. The first-order chi connectivity index (χ1) is 16.2. The van der Waals surface area contributed by atoms with Gasteiger partial charge in [0, 0.05) is 30.3 Å². The largest absolute Gasteiger partial charge is 0.466 e. The van der Waals surface area contributed by atoms with E-state index >= 15 is 0 Å². The molecule has 0 unspecified atom stereocenters. The molecule has 0 saturated carbocycles. The fraction of sp³-hybridized carbons (Fsp3) is 0.276. The summed E-state index contributed by atoms with van der Waals surface area (Å²) >= 11 is 0. The van der Waals surface area contributed by atoms with E-state index in [2.05, 4.69) is 77.5 Å². The summed E-state index contributed by atoms with van der Waals surface area (Å²) in [5.41, 5.74) is 7.16.